The van der Waals surface area contributed by atoms with E-state index >= 15 is 0 Å². The number of hydrogen-bond donors (Lipinski definition) is 0. The predicted octanol–water partition coefficient (Wildman–Crippen LogP) is 0.501. The van der Waals surface area contributed by atoms with Gasteiger partial charge in [-0.1, -0.05) is 11.3 Å². The molecule has 3 heteroatoms. The van der Waals surface area contributed by atoms with Crippen LogP contribution in [0.3, 0.4) is 0 Å². The molecule has 31 valence electrons. The van der Waals surface area contributed by atoms with E-state index in [1.54, 1.807) is 0 Å². The molecule has 2 nitrogen and oxygen atoms in total. The highest BCUT2D eigenvalue weighted by Crippen LogP contribution is 1.80. The Morgan fingerprint density at radius 3 is 3.00 bits per heavy atom. The minimum absolute atomic E-state index is 0.296. The van der Waals surface area contributed by atoms with Gasteiger partial charge in [0.15, 0.2) is 6.26 Å². The largest absolute Gasteiger partial charge is 0.411 e. The second-order valence-electron chi connectivity index (χ2n) is 0.706. The maximum absolute atomic E-state index is 9.89. The topological polar surface area (TPSA) is 30.2 Å². The molecule has 1 radical (unpaired) electrons. The fraction of sp³-hybridized carbons (Fsp3) is 0. The van der Waals surface area contributed by atoms with E-state index in [4.69, 9.17) is 0 Å². The van der Waals surface area contributed by atoms with Gasteiger partial charge in [0.25, 0.3) is 0 Å². The van der Waals surface area contributed by atoms with Crippen LogP contribution in [0.25, 0.3) is 0 Å². The third-order valence-electron chi connectivity index (χ3n) is 0.346. The Morgan fingerprint density at radius 2 is 2.83 bits per heavy atom. The first-order valence-electron chi connectivity index (χ1n) is 1.34. The maximum atomic E-state index is 9.89. The minimum Gasteiger partial charge on any atom is -0.411 e. The highest BCUT2D eigenvalue weighted by atomic mass is 32.1. The number of hydrogen-bond acceptors (Lipinski definition) is 3. The van der Waals surface area contributed by atoms with Crippen LogP contribution in [0, 0.1) is 6.26 Å². The second kappa shape index (κ2) is 1.26. The van der Waals surface area contributed by atoms with Crippen molar-refractivity contribution in [3.05, 3.63) is 21.4 Å². The standard InChI is InChI=1S/C3HO2S/c4-3-5-1-2-6-3/h2H. The Kier molecular flexibility index (Phi) is 0.759. The molecule has 0 fully saturated rings. The lowest BCUT2D eigenvalue weighted by atomic mass is 11.1. The summed E-state index contributed by atoms with van der Waals surface area (Å²) >= 11 is 1.000. The summed E-state index contributed by atoms with van der Waals surface area (Å²) in [5.41, 5.74) is 0. The van der Waals surface area contributed by atoms with Gasteiger partial charge in [0.1, 0.15) is 0 Å². The van der Waals surface area contributed by atoms with Crippen LogP contribution in [0.1, 0.15) is 0 Å². The minimum atomic E-state index is -0.296. The first-order valence-corrected chi connectivity index (χ1v) is 2.22. The summed E-state index contributed by atoms with van der Waals surface area (Å²) in [5, 5.41) is 1.47. The highest BCUT2D eigenvalue weighted by molar-refractivity contribution is 7.06. The fourth-order valence-corrected chi connectivity index (χ4v) is 0.457. The first kappa shape index (κ1) is 3.61. The molecule has 0 aromatic carbocycles. The van der Waals surface area contributed by atoms with E-state index in [1.165, 1.54) is 5.38 Å². The molecule has 1 aromatic rings. The van der Waals surface area contributed by atoms with Gasteiger partial charge in [0.05, 0.1) is 0 Å². The quantitative estimate of drug-likeness (QED) is 0.476. The third kappa shape index (κ3) is 0.490. The molecular weight excluding hydrogens is 100 g/mol. The van der Waals surface area contributed by atoms with Crippen LogP contribution in [-0.2, 0) is 0 Å². The van der Waals surface area contributed by atoms with E-state index in [-0.39, 0.29) is 4.94 Å². The van der Waals surface area contributed by atoms with Crippen LogP contribution in [0.5, 0.6) is 0 Å². The Morgan fingerprint density at radius 1 is 2.00 bits per heavy atom. The van der Waals surface area contributed by atoms with Gasteiger partial charge in [0.2, 0.25) is 0 Å². The average Bonchev–Trinajstić information content (AvgIpc) is 1.86. The molecule has 0 aliphatic heterocycles. The predicted molar refractivity (Wildman–Crippen MR) is 21.7 cm³/mol. The van der Waals surface area contributed by atoms with E-state index < -0.39 is 0 Å². The molecule has 6 heavy (non-hydrogen) atoms. The van der Waals surface area contributed by atoms with E-state index in [0.717, 1.165) is 11.3 Å². The van der Waals surface area contributed by atoms with Crippen molar-refractivity contribution in [3.8, 4) is 0 Å². The first-order chi connectivity index (χ1) is 2.89. The summed E-state index contributed by atoms with van der Waals surface area (Å²) in [5.74, 6) is 0. The fourth-order valence-electron chi connectivity index (χ4n) is 0.168. The summed E-state index contributed by atoms with van der Waals surface area (Å²) in [4.78, 5) is 9.59. The molecule has 0 unspecified atom stereocenters. The van der Waals surface area contributed by atoms with Gasteiger partial charge >= 0.3 is 4.94 Å². The summed E-state index contributed by atoms with van der Waals surface area (Å²) in [6.07, 6.45) is 2.26. The zero-order valence-corrected chi connectivity index (χ0v) is 3.62. The molecule has 0 N–H and O–H groups in total. The summed E-state index contributed by atoms with van der Waals surface area (Å²) in [7, 11) is 0. The van der Waals surface area contributed by atoms with E-state index in [9.17, 15) is 4.79 Å². The normalized spacial score (nSPS) is 8.67. The molecule has 0 aliphatic carbocycles. The highest BCUT2D eigenvalue weighted by Gasteiger charge is 1.77. The lowest BCUT2D eigenvalue weighted by Gasteiger charge is -1.48. The summed E-state index contributed by atoms with van der Waals surface area (Å²) in [6, 6.07) is 0. The van der Waals surface area contributed by atoms with Gasteiger partial charge in [0, 0.05) is 5.38 Å². The molecule has 0 saturated heterocycles. The van der Waals surface area contributed by atoms with Crippen LogP contribution in [0.2, 0.25) is 0 Å². The Hall–Kier alpha value is -0.570. The lowest BCUT2D eigenvalue weighted by molar-refractivity contribution is 0.528. The Bertz CT molecular complexity index is 147. The van der Waals surface area contributed by atoms with Gasteiger partial charge < -0.3 is 4.42 Å². The van der Waals surface area contributed by atoms with Crippen molar-refractivity contribution in [2.45, 2.75) is 0 Å². The van der Waals surface area contributed by atoms with Crippen LogP contribution in [0.4, 0.5) is 0 Å². The van der Waals surface area contributed by atoms with Crippen molar-refractivity contribution in [1.82, 2.24) is 0 Å². The van der Waals surface area contributed by atoms with Gasteiger partial charge in [-0.3, -0.25) is 0 Å². The monoisotopic (exact) mass is 101 g/mol. The number of rotatable bonds is 0. The van der Waals surface area contributed by atoms with Crippen molar-refractivity contribution in [1.29, 1.82) is 0 Å². The van der Waals surface area contributed by atoms with Gasteiger partial charge in [-0.05, 0) is 0 Å². The molecule has 0 bridgehead atoms. The second-order valence-corrected chi connectivity index (χ2v) is 1.51. The summed E-state index contributed by atoms with van der Waals surface area (Å²) < 4.78 is 4.17. The van der Waals surface area contributed by atoms with Gasteiger partial charge in [-0.15, -0.1) is 0 Å². The molecule has 0 aliphatic rings. The van der Waals surface area contributed by atoms with Crippen LogP contribution < -0.4 is 4.94 Å². The van der Waals surface area contributed by atoms with Crippen molar-refractivity contribution in [2.75, 3.05) is 0 Å². The van der Waals surface area contributed by atoms with Gasteiger partial charge in [-0.25, -0.2) is 4.79 Å². The molecule has 1 heterocycles. The summed E-state index contributed by atoms with van der Waals surface area (Å²) in [6.45, 7) is 0. The Labute approximate surface area is 38.0 Å². The van der Waals surface area contributed by atoms with Crippen LogP contribution in [-0.4, -0.2) is 0 Å². The molecule has 0 amide bonds. The molecule has 0 spiro atoms. The third-order valence-corrected chi connectivity index (χ3v) is 0.835. The molecule has 0 saturated carbocycles. The van der Waals surface area contributed by atoms with E-state index in [0.29, 0.717) is 0 Å². The van der Waals surface area contributed by atoms with E-state index in [1.807, 2.05) is 0 Å². The maximum Gasteiger partial charge on any atom is 0.395 e. The van der Waals surface area contributed by atoms with Crippen LogP contribution >= 0.6 is 11.3 Å². The average molecular weight is 101 g/mol. The lowest BCUT2D eigenvalue weighted by Crippen LogP contribution is -1.78. The zero-order chi connectivity index (χ0) is 4.41. The van der Waals surface area contributed by atoms with Crippen molar-refractivity contribution < 1.29 is 4.42 Å². The SMILES string of the molecule is O=c1o[c]cs1. The van der Waals surface area contributed by atoms with Crippen molar-refractivity contribution >= 4 is 11.3 Å². The van der Waals surface area contributed by atoms with Gasteiger partial charge in [-0.2, -0.15) is 0 Å². The molecular formula is C3HO2S. The molecule has 1 aromatic heterocycles. The van der Waals surface area contributed by atoms with Crippen LogP contribution in [0.15, 0.2) is 14.6 Å². The Balaban J connectivity index is 3.41. The molecule has 0 atom stereocenters. The van der Waals surface area contributed by atoms with Crippen molar-refractivity contribution in [2.24, 2.45) is 0 Å². The van der Waals surface area contributed by atoms with E-state index in [2.05, 4.69) is 10.7 Å². The smallest absolute Gasteiger partial charge is 0.395 e. The molecule has 1 rings (SSSR count). The van der Waals surface area contributed by atoms with Crippen molar-refractivity contribution in [3.63, 3.8) is 0 Å². The zero-order valence-electron chi connectivity index (χ0n) is 2.80.